The molecule has 0 fully saturated rings. The summed E-state index contributed by atoms with van der Waals surface area (Å²) in [6.45, 7) is 0.189. The monoisotopic (exact) mass is 413 g/mol. The molecule has 2 aromatic carbocycles. The smallest absolute Gasteiger partial charge is 0.287 e. The van der Waals surface area contributed by atoms with Crippen molar-refractivity contribution in [3.05, 3.63) is 83.3 Å². The first-order valence-electron chi connectivity index (χ1n) is 7.30. The van der Waals surface area contributed by atoms with Gasteiger partial charge in [-0.15, -0.1) is 0 Å². The second kappa shape index (κ2) is 8.52. The fourth-order valence-corrected chi connectivity index (χ4v) is 2.47. The molecule has 6 heteroatoms. The van der Waals surface area contributed by atoms with E-state index in [-0.39, 0.29) is 29.3 Å². The van der Waals surface area contributed by atoms with Crippen LogP contribution in [0, 0.1) is 11.3 Å². The van der Waals surface area contributed by atoms with Gasteiger partial charge in [-0.25, -0.2) is 4.57 Å². The zero-order chi connectivity index (χ0) is 16.9. The molecule has 124 valence electrons. The molecule has 0 aliphatic heterocycles. The number of Topliss-reactive ketones (excluding diaryl/α,β-unsaturated/α-hetero) is 1. The van der Waals surface area contributed by atoms with Crippen molar-refractivity contribution in [1.82, 2.24) is 4.98 Å². The molecular weight excluding hydrogens is 402 g/mol. The zero-order valence-electron chi connectivity index (χ0n) is 13.1. The Morgan fingerprint density at radius 2 is 1.92 bits per heavy atom. The van der Waals surface area contributed by atoms with Crippen molar-refractivity contribution in [3.63, 3.8) is 0 Å². The molecule has 1 heterocycles. The Labute approximate surface area is 161 Å². The van der Waals surface area contributed by atoms with Gasteiger partial charge in [-0.3, -0.25) is 4.79 Å². The van der Waals surface area contributed by atoms with Crippen molar-refractivity contribution < 1.29 is 26.3 Å². The van der Waals surface area contributed by atoms with Crippen LogP contribution < -0.4 is 21.5 Å². The van der Waals surface area contributed by atoms with E-state index in [0.29, 0.717) is 16.1 Å². The summed E-state index contributed by atoms with van der Waals surface area (Å²) in [5.74, 6) is -0.0400. The Bertz CT molecular complexity index is 919. The zero-order valence-corrected chi connectivity index (χ0v) is 15.4. The van der Waals surface area contributed by atoms with Crippen molar-refractivity contribution >= 4 is 17.4 Å². The third-order valence-electron chi connectivity index (χ3n) is 3.55. The minimum atomic E-state index is -0.0400. The lowest BCUT2D eigenvalue weighted by atomic mass is 10.1. The van der Waals surface area contributed by atoms with Crippen LogP contribution in [0.3, 0.4) is 0 Å². The van der Waals surface area contributed by atoms with Gasteiger partial charge in [0.05, 0.1) is 17.8 Å². The summed E-state index contributed by atoms with van der Waals surface area (Å²) in [4.78, 5) is 16.6. The van der Waals surface area contributed by atoms with Crippen LogP contribution in [-0.2, 0) is 6.54 Å². The molecule has 3 aromatic rings. The van der Waals surface area contributed by atoms with Gasteiger partial charge >= 0.3 is 0 Å². The average Bonchev–Trinajstić information content (AvgIpc) is 2.62. The first kappa shape index (κ1) is 18.8. The van der Waals surface area contributed by atoms with E-state index in [1.807, 2.05) is 42.6 Å². The van der Waals surface area contributed by atoms with Crippen molar-refractivity contribution in [2.45, 2.75) is 6.54 Å². The molecule has 0 unspecified atom stereocenters. The van der Waals surface area contributed by atoms with E-state index in [2.05, 4.69) is 4.98 Å². The summed E-state index contributed by atoms with van der Waals surface area (Å²) >= 11 is 5.99. The number of carbonyl (C=O) groups excluding carboxylic acids is 1. The van der Waals surface area contributed by atoms with Crippen LogP contribution in [0.2, 0.25) is 5.02 Å². The number of nitrogens with zero attached hydrogens (tertiary/aromatic N) is 3. The topological polar surface area (TPSA) is 57.6 Å². The number of halogens is 2. The normalized spacial score (nSPS) is 9.76. The SMILES string of the molecule is N#Cc1ccc(C(=O)C[n+]2ccc(-c3cccc(Cl)c3)nc2)cc1.[Br-]. The van der Waals surface area contributed by atoms with Crippen LogP contribution in [0.4, 0.5) is 0 Å². The lowest BCUT2D eigenvalue weighted by molar-refractivity contribution is -0.686. The maximum atomic E-state index is 12.3. The quantitative estimate of drug-likeness (QED) is 0.460. The predicted octanol–water partition coefficient (Wildman–Crippen LogP) is 0.448. The summed E-state index contributed by atoms with van der Waals surface area (Å²) in [6, 6.07) is 17.9. The van der Waals surface area contributed by atoms with E-state index in [1.165, 1.54) is 0 Å². The van der Waals surface area contributed by atoms with Crippen LogP contribution >= 0.6 is 11.6 Å². The van der Waals surface area contributed by atoms with Crippen LogP contribution in [0.15, 0.2) is 67.1 Å². The minimum absolute atomic E-state index is 0. The van der Waals surface area contributed by atoms with E-state index in [9.17, 15) is 4.79 Å². The van der Waals surface area contributed by atoms with E-state index in [0.717, 1.165) is 11.3 Å². The van der Waals surface area contributed by atoms with E-state index >= 15 is 0 Å². The summed E-state index contributed by atoms with van der Waals surface area (Å²) in [6.07, 6.45) is 3.43. The van der Waals surface area contributed by atoms with E-state index < -0.39 is 0 Å². The number of ketones is 1. The summed E-state index contributed by atoms with van der Waals surface area (Å²) in [5.41, 5.74) is 2.82. The molecular formula is C19H13BrClN3O. The maximum absolute atomic E-state index is 12.3. The molecule has 1 aromatic heterocycles. The standard InChI is InChI=1S/C19H13ClN3O.BrH/c20-17-3-1-2-16(10-17)18-8-9-23(13-22-18)12-19(24)15-6-4-14(11-21)5-7-15;/h1-10,13H,12H2;1H/q+1;/p-1. The summed E-state index contributed by atoms with van der Waals surface area (Å²) in [5, 5.41) is 9.44. The van der Waals surface area contributed by atoms with E-state index in [1.54, 1.807) is 35.2 Å². The summed E-state index contributed by atoms with van der Waals surface area (Å²) < 4.78 is 1.72. The molecule has 25 heavy (non-hydrogen) atoms. The highest BCUT2D eigenvalue weighted by molar-refractivity contribution is 6.30. The molecule has 0 spiro atoms. The molecule has 4 nitrogen and oxygen atoms in total. The molecule has 0 aliphatic carbocycles. The first-order chi connectivity index (χ1) is 11.7. The number of nitriles is 1. The van der Waals surface area contributed by atoms with Crippen molar-refractivity contribution in [3.8, 4) is 17.3 Å². The third-order valence-corrected chi connectivity index (χ3v) is 3.79. The Balaban J connectivity index is 0.00000225. The summed E-state index contributed by atoms with van der Waals surface area (Å²) in [7, 11) is 0. The predicted molar refractivity (Wildman–Crippen MR) is 90.4 cm³/mol. The largest absolute Gasteiger partial charge is 1.00 e. The number of hydrogen-bond acceptors (Lipinski definition) is 3. The van der Waals surface area contributed by atoms with Crippen molar-refractivity contribution in [2.75, 3.05) is 0 Å². The van der Waals surface area contributed by atoms with Crippen molar-refractivity contribution in [2.24, 2.45) is 0 Å². The minimum Gasteiger partial charge on any atom is -1.00 e. The lowest BCUT2D eigenvalue weighted by Crippen LogP contribution is -3.00. The van der Waals surface area contributed by atoms with Crippen LogP contribution in [0.1, 0.15) is 15.9 Å². The van der Waals surface area contributed by atoms with Gasteiger partial charge in [0.2, 0.25) is 5.78 Å². The van der Waals surface area contributed by atoms with Gasteiger partial charge in [0.1, 0.15) is 0 Å². The van der Waals surface area contributed by atoms with Crippen LogP contribution in [0.25, 0.3) is 11.3 Å². The maximum Gasteiger partial charge on any atom is 0.287 e. The second-order valence-corrected chi connectivity index (χ2v) is 5.68. The van der Waals surface area contributed by atoms with Crippen molar-refractivity contribution in [1.29, 1.82) is 5.26 Å². The van der Waals surface area contributed by atoms with E-state index in [4.69, 9.17) is 16.9 Å². The first-order valence-corrected chi connectivity index (χ1v) is 7.68. The fraction of sp³-hybridized carbons (Fsp3) is 0.0526. The highest BCUT2D eigenvalue weighted by atomic mass is 79.9. The van der Waals surface area contributed by atoms with Gasteiger partial charge in [-0.2, -0.15) is 5.26 Å². The number of hydrogen-bond donors (Lipinski definition) is 0. The molecule has 3 rings (SSSR count). The number of rotatable bonds is 4. The number of aromatic nitrogens is 2. The molecule has 0 aliphatic rings. The van der Waals surface area contributed by atoms with Gasteiger partial charge < -0.3 is 17.0 Å². The lowest BCUT2D eigenvalue weighted by Gasteiger charge is -2.01. The Morgan fingerprint density at radius 1 is 1.16 bits per heavy atom. The Hall–Kier alpha value is -2.55. The van der Waals surface area contributed by atoms with Gasteiger partial charge in [-0.05, 0) is 41.4 Å². The highest BCUT2D eigenvalue weighted by Gasteiger charge is 2.12. The Kier molecular flexibility index (Phi) is 6.40. The van der Waals surface area contributed by atoms with Crippen LogP contribution in [0.5, 0.6) is 0 Å². The average molecular weight is 415 g/mol. The Morgan fingerprint density at radius 3 is 2.52 bits per heavy atom. The molecule has 0 saturated heterocycles. The van der Waals surface area contributed by atoms with Gasteiger partial charge in [-0.1, -0.05) is 23.7 Å². The van der Waals surface area contributed by atoms with Gasteiger partial charge in [0.15, 0.2) is 12.2 Å². The number of benzene rings is 2. The fourth-order valence-electron chi connectivity index (χ4n) is 2.28. The highest BCUT2D eigenvalue weighted by Crippen LogP contribution is 2.19. The molecule has 0 N–H and O–H groups in total. The number of carbonyl (C=O) groups is 1. The molecule has 0 amide bonds. The van der Waals surface area contributed by atoms with Gasteiger partial charge in [0, 0.05) is 22.2 Å². The third kappa shape index (κ3) is 4.72. The molecule has 0 atom stereocenters. The molecule has 0 radical (unpaired) electrons. The second-order valence-electron chi connectivity index (χ2n) is 5.24. The molecule has 0 bridgehead atoms. The van der Waals surface area contributed by atoms with Crippen LogP contribution in [-0.4, -0.2) is 10.8 Å². The van der Waals surface area contributed by atoms with Gasteiger partial charge in [0.25, 0.3) is 6.33 Å². The molecule has 0 saturated carbocycles.